The molecule has 3 aliphatic rings. The van der Waals surface area contributed by atoms with E-state index >= 15 is 0 Å². The van der Waals surface area contributed by atoms with Crippen LogP contribution < -0.4 is 11.1 Å². The molecule has 0 atom stereocenters. The molecule has 3 saturated carbocycles. The van der Waals surface area contributed by atoms with Crippen LogP contribution in [0.15, 0.2) is 0 Å². The first-order valence-corrected chi connectivity index (χ1v) is 6.72. The Bertz CT molecular complexity index is 299. The van der Waals surface area contributed by atoms with E-state index in [0.717, 1.165) is 32.1 Å². The standard InChI is InChI=1S/C13H22N2O/c14-13-7-5-12(9-13,6-8-13)11(16)15-10-3-1-2-4-10/h10H,1-9,14H2,(H,15,16). The van der Waals surface area contributed by atoms with Crippen molar-refractivity contribution < 1.29 is 4.79 Å². The summed E-state index contributed by atoms with van der Waals surface area (Å²) in [5.41, 5.74) is 6.16. The zero-order chi connectivity index (χ0) is 11.2. The Morgan fingerprint density at radius 1 is 1.12 bits per heavy atom. The molecule has 0 aliphatic heterocycles. The van der Waals surface area contributed by atoms with Crippen LogP contribution in [0.25, 0.3) is 0 Å². The first kappa shape index (κ1) is 10.6. The van der Waals surface area contributed by atoms with E-state index in [2.05, 4.69) is 5.32 Å². The lowest BCUT2D eigenvalue weighted by molar-refractivity contribution is -0.131. The highest BCUT2D eigenvalue weighted by molar-refractivity contribution is 5.84. The fourth-order valence-electron chi connectivity index (χ4n) is 3.97. The number of nitrogens with two attached hydrogens (primary N) is 1. The number of nitrogens with one attached hydrogen (secondary N) is 1. The van der Waals surface area contributed by atoms with Crippen molar-refractivity contribution in [3.8, 4) is 0 Å². The quantitative estimate of drug-likeness (QED) is 0.747. The lowest BCUT2D eigenvalue weighted by Gasteiger charge is -2.27. The summed E-state index contributed by atoms with van der Waals surface area (Å²) in [4.78, 5) is 12.4. The second-order valence-electron chi connectivity index (χ2n) is 6.27. The predicted octanol–water partition coefficient (Wildman–Crippen LogP) is 1.71. The highest BCUT2D eigenvalue weighted by atomic mass is 16.2. The smallest absolute Gasteiger partial charge is 0.226 e. The molecule has 0 aromatic rings. The summed E-state index contributed by atoms with van der Waals surface area (Å²) in [7, 11) is 0. The molecule has 0 aromatic heterocycles. The Morgan fingerprint density at radius 3 is 2.25 bits per heavy atom. The SMILES string of the molecule is NC12CCC(C(=O)NC3CCCC3)(CC1)C2. The van der Waals surface area contributed by atoms with Gasteiger partial charge in [-0.2, -0.15) is 0 Å². The van der Waals surface area contributed by atoms with E-state index in [0.29, 0.717) is 11.9 Å². The van der Waals surface area contributed by atoms with Crippen molar-refractivity contribution in [2.24, 2.45) is 11.1 Å². The Hall–Kier alpha value is -0.570. The lowest BCUT2D eigenvalue weighted by Crippen LogP contribution is -2.42. The zero-order valence-electron chi connectivity index (χ0n) is 9.93. The van der Waals surface area contributed by atoms with Crippen molar-refractivity contribution >= 4 is 5.91 Å². The van der Waals surface area contributed by atoms with Crippen LogP contribution >= 0.6 is 0 Å². The van der Waals surface area contributed by atoms with Gasteiger partial charge in [-0.3, -0.25) is 4.79 Å². The van der Waals surface area contributed by atoms with Gasteiger partial charge in [0.25, 0.3) is 0 Å². The number of fused-ring (bicyclic) bond motifs is 2. The molecule has 1 amide bonds. The molecule has 3 aliphatic carbocycles. The van der Waals surface area contributed by atoms with Gasteiger partial charge in [0.15, 0.2) is 0 Å². The third-order valence-electron chi connectivity index (χ3n) is 5.07. The Labute approximate surface area is 97.2 Å². The maximum Gasteiger partial charge on any atom is 0.226 e. The maximum atomic E-state index is 12.4. The van der Waals surface area contributed by atoms with Crippen molar-refractivity contribution in [1.29, 1.82) is 0 Å². The molecular formula is C13H22N2O. The van der Waals surface area contributed by atoms with Crippen LogP contribution in [0.5, 0.6) is 0 Å². The molecule has 3 heteroatoms. The number of rotatable bonds is 2. The van der Waals surface area contributed by atoms with Crippen molar-refractivity contribution in [3.63, 3.8) is 0 Å². The summed E-state index contributed by atoms with van der Waals surface area (Å²) in [6.07, 6.45) is 9.96. The summed E-state index contributed by atoms with van der Waals surface area (Å²) in [5.74, 6) is 0.309. The van der Waals surface area contributed by atoms with Gasteiger partial charge in [0, 0.05) is 11.6 Å². The van der Waals surface area contributed by atoms with Gasteiger partial charge in [-0.05, 0) is 44.9 Å². The third-order valence-corrected chi connectivity index (χ3v) is 5.07. The molecule has 0 radical (unpaired) electrons. The van der Waals surface area contributed by atoms with E-state index in [4.69, 9.17) is 5.73 Å². The molecule has 2 bridgehead atoms. The number of amides is 1. The normalized spacial score (nSPS) is 42.8. The van der Waals surface area contributed by atoms with Crippen molar-refractivity contribution in [2.45, 2.75) is 69.4 Å². The second-order valence-corrected chi connectivity index (χ2v) is 6.27. The number of carbonyl (C=O) groups is 1. The largest absolute Gasteiger partial charge is 0.353 e. The van der Waals surface area contributed by atoms with E-state index in [1.165, 1.54) is 25.7 Å². The summed E-state index contributed by atoms with van der Waals surface area (Å²) >= 11 is 0. The minimum Gasteiger partial charge on any atom is -0.353 e. The molecular weight excluding hydrogens is 200 g/mol. The molecule has 3 nitrogen and oxygen atoms in total. The monoisotopic (exact) mass is 222 g/mol. The van der Waals surface area contributed by atoms with E-state index in [-0.39, 0.29) is 11.0 Å². The van der Waals surface area contributed by atoms with E-state index < -0.39 is 0 Å². The van der Waals surface area contributed by atoms with Crippen LogP contribution in [-0.2, 0) is 4.79 Å². The predicted molar refractivity (Wildman–Crippen MR) is 62.8 cm³/mol. The molecule has 0 unspecified atom stereocenters. The van der Waals surface area contributed by atoms with Gasteiger partial charge in [-0.1, -0.05) is 12.8 Å². The van der Waals surface area contributed by atoms with Crippen LogP contribution in [0.1, 0.15) is 57.8 Å². The minimum atomic E-state index is -0.0860. The fraction of sp³-hybridized carbons (Fsp3) is 0.923. The fourth-order valence-corrected chi connectivity index (χ4v) is 3.97. The molecule has 0 heterocycles. The van der Waals surface area contributed by atoms with Gasteiger partial charge in [-0.15, -0.1) is 0 Å². The van der Waals surface area contributed by atoms with Gasteiger partial charge in [-0.25, -0.2) is 0 Å². The molecule has 0 spiro atoms. The van der Waals surface area contributed by atoms with Gasteiger partial charge in [0.2, 0.25) is 5.91 Å². The number of carbonyl (C=O) groups excluding carboxylic acids is 1. The molecule has 0 aromatic carbocycles. The molecule has 90 valence electrons. The Balaban J connectivity index is 1.66. The summed E-state index contributed by atoms with van der Waals surface area (Å²) in [6, 6.07) is 0.454. The topological polar surface area (TPSA) is 55.1 Å². The first-order valence-electron chi connectivity index (χ1n) is 6.72. The number of hydrogen-bond acceptors (Lipinski definition) is 2. The van der Waals surface area contributed by atoms with Crippen molar-refractivity contribution in [1.82, 2.24) is 5.32 Å². The summed E-state index contributed by atoms with van der Waals surface area (Å²) in [6.45, 7) is 0. The average Bonchev–Trinajstić information content (AvgIpc) is 2.91. The van der Waals surface area contributed by atoms with Gasteiger partial charge < -0.3 is 11.1 Å². The van der Waals surface area contributed by atoms with Crippen molar-refractivity contribution in [3.05, 3.63) is 0 Å². The minimum absolute atomic E-state index is 0.00693. The van der Waals surface area contributed by atoms with Crippen molar-refractivity contribution in [2.75, 3.05) is 0 Å². The lowest BCUT2D eigenvalue weighted by atomic mass is 9.83. The van der Waals surface area contributed by atoms with Crippen LogP contribution in [0.2, 0.25) is 0 Å². The highest BCUT2D eigenvalue weighted by Gasteiger charge is 2.56. The molecule has 3 fully saturated rings. The van der Waals surface area contributed by atoms with Crippen LogP contribution in [0, 0.1) is 5.41 Å². The van der Waals surface area contributed by atoms with Gasteiger partial charge in [0.05, 0.1) is 5.41 Å². The van der Waals surface area contributed by atoms with Gasteiger partial charge >= 0.3 is 0 Å². The second kappa shape index (κ2) is 3.46. The number of hydrogen-bond donors (Lipinski definition) is 2. The third kappa shape index (κ3) is 1.56. The van der Waals surface area contributed by atoms with E-state index in [1.54, 1.807) is 0 Å². The van der Waals surface area contributed by atoms with Crippen LogP contribution in [0.3, 0.4) is 0 Å². The average molecular weight is 222 g/mol. The summed E-state index contributed by atoms with van der Waals surface area (Å²) in [5, 5.41) is 3.26. The zero-order valence-corrected chi connectivity index (χ0v) is 9.93. The van der Waals surface area contributed by atoms with Crippen LogP contribution in [0.4, 0.5) is 0 Å². The molecule has 3 rings (SSSR count). The Morgan fingerprint density at radius 2 is 1.75 bits per heavy atom. The highest BCUT2D eigenvalue weighted by Crippen LogP contribution is 2.55. The summed E-state index contributed by atoms with van der Waals surface area (Å²) < 4.78 is 0. The van der Waals surface area contributed by atoms with Crippen LogP contribution in [-0.4, -0.2) is 17.5 Å². The van der Waals surface area contributed by atoms with E-state index in [9.17, 15) is 4.79 Å². The molecule has 3 N–H and O–H groups in total. The molecule has 16 heavy (non-hydrogen) atoms. The first-order chi connectivity index (χ1) is 7.62. The van der Waals surface area contributed by atoms with E-state index in [1.807, 2.05) is 0 Å². The molecule has 0 saturated heterocycles. The maximum absolute atomic E-state index is 12.4. The van der Waals surface area contributed by atoms with Gasteiger partial charge in [0.1, 0.15) is 0 Å². The Kier molecular flexibility index (Phi) is 2.29.